The van der Waals surface area contributed by atoms with Gasteiger partial charge in [-0.2, -0.15) is 0 Å². The molecular weight excluding hydrogens is 326 g/mol. The van der Waals surface area contributed by atoms with E-state index in [0.29, 0.717) is 26.1 Å². The first-order valence-electron chi connectivity index (χ1n) is 8.35. The number of carbonyl (C=O) groups excluding carboxylic acids is 2. The Morgan fingerprint density at radius 2 is 1.92 bits per heavy atom. The molecule has 0 fully saturated rings. The minimum atomic E-state index is -0.0455. The molecule has 0 aliphatic carbocycles. The molecule has 1 rings (SSSR count). The summed E-state index contributed by atoms with van der Waals surface area (Å²) in [5.41, 5.74) is 6.75. The van der Waals surface area contributed by atoms with Crippen molar-refractivity contribution in [2.24, 2.45) is 5.73 Å². The van der Waals surface area contributed by atoms with Crippen LogP contribution in [0.1, 0.15) is 45.1 Å². The van der Waals surface area contributed by atoms with Crippen LogP contribution in [0, 0.1) is 0 Å². The Balaban J connectivity index is 0.00000529. The van der Waals surface area contributed by atoms with Crippen LogP contribution in [0.5, 0.6) is 0 Å². The van der Waals surface area contributed by atoms with Gasteiger partial charge in [0.05, 0.1) is 0 Å². The Morgan fingerprint density at radius 3 is 2.46 bits per heavy atom. The highest BCUT2D eigenvalue weighted by Gasteiger charge is 2.14. The zero-order valence-electron chi connectivity index (χ0n) is 14.7. The minimum Gasteiger partial charge on any atom is -0.352 e. The summed E-state index contributed by atoms with van der Waals surface area (Å²) in [7, 11) is 0. The van der Waals surface area contributed by atoms with Crippen LogP contribution in [0.3, 0.4) is 0 Å². The van der Waals surface area contributed by atoms with E-state index < -0.39 is 0 Å². The van der Waals surface area contributed by atoms with Crippen molar-refractivity contribution >= 4 is 24.2 Å². The molecule has 1 aromatic rings. The molecule has 0 heterocycles. The number of carbonyl (C=O) groups is 2. The smallest absolute Gasteiger partial charge is 0.222 e. The van der Waals surface area contributed by atoms with Gasteiger partial charge in [-0.15, -0.1) is 12.4 Å². The van der Waals surface area contributed by atoms with Gasteiger partial charge in [-0.1, -0.05) is 50.1 Å². The number of halogens is 1. The Morgan fingerprint density at radius 1 is 1.25 bits per heavy atom. The zero-order chi connectivity index (χ0) is 17.1. The van der Waals surface area contributed by atoms with Crippen LogP contribution >= 0.6 is 12.4 Å². The van der Waals surface area contributed by atoms with Crippen molar-refractivity contribution < 1.29 is 9.59 Å². The molecule has 5 nitrogen and oxygen atoms in total. The van der Waals surface area contributed by atoms with Crippen LogP contribution in [-0.2, 0) is 16.1 Å². The van der Waals surface area contributed by atoms with Crippen molar-refractivity contribution in [2.45, 2.75) is 52.1 Å². The number of unbranched alkanes of at least 4 members (excludes halogenated alkanes) is 1. The summed E-state index contributed by atoms with van der Waals surface area (Å²) in [6, 6.07) is 9.82. The first-order valence-corrected chi connectivity index (χ1v) is 8.35. The van der Waals surface area contributed by atoms with Crippen molar-refractivity contribution in [3.05, 3.63) is 35.9 Å². The van der Waals surface area contributed by atoms with E-state index in [1.165, 1.54) is 6.92 Å². The molecule has 0 saturated carbocycles. The molecule has 1 atom stereocenters. The summed E-state index contributed by atoms with van der Waals surface area (Å²) in [6.07, 6.45) is 3.34. The molecule has 0 aliphatic heterocycles. The second kappa shape index (κ2) is 12.8. The second-order valence-corrected chi connectivity index (χ2v) is 5.82. The largest absolute Gasteiger partial charge is 0.352 e. The Labute approximate surface area is 151 Å². The maximum absolute atomic E-state index is 12.1. The number of amides is 2. The van der Waals surface area contributed by atoms with Crippen LogP contribution in [-0.4, -0.2) is 35.8 Å². The number of nitrogens with one attached hydrogen (secondary N) is 1. The predicted octanol–water partition coefficient (Wildman–Crippen LogP) is 2.48. The Kier molecular flexibility index (Phi) is 11.9. The SMILES string of the molecule is CCCCC(CN)NC(=O)CCN(Cc1ccccc1)C(C)=O.Cl. The lowest BCUT2D eigenvalue weighted by Gasteiger charge is -2.22. The lowest BCUT2D eigenvalue weighted by Crippen LogP contribution is -2.41. The van der Waals surface area contributed by atoms with Gasteiger partial charge in [-0.25, -0.2) is 0 Å². The van der Waals surface area contributed by atoms with Gasteiger partial charge in [0.2, 0.25) is 11.8 Å². The lowest BCUT2D eigenvalue weighted by molar-refractivity contribution is -0.130. The van der Waals surface area contributed by atoms with Gasteiger partial charge in [0.15, 0.2) is 0 Å². The molecule has 1 aromatic carbocycles. The topological polar surface area (TPSA) is 75.4 Å². The summed E-state index contributed by atoms with van der Waals surface area (Å²) >= 11 is 0. The van der Waals surface area contributed by atoms with E-state index in [-0.39, 0.29) is 30.3 Å². The highest BCUT2D eigenvalue weighted by atomic mass is 35.5. The van der Waals surface area contributed by atoms with E-state index in [1.54, 1.807) is 4.90 Å². The molecule has 24 heavy (non-hydrogen) atoms. The normalized spacial score (nSPS) is 11.3. The fourth-order valence-electron chi connectivity index (χ4n) is 2.39. The van der Waals surface area contributed by atoms with E-state index in [4.69, 9.17) is 5.73 Å². The third kappa shape index (κ3) is 8.89. The monoisotopic (exact) mass is 355 g/mol. The van der Waals surface area contributed by atoms with Gasteiger partial charge in [0, 0.05) is 39.0 Å². The highest BCUT2D eigenvalue weighted by molar-refractivity contribution is 5.85. The van der Waals surface area contributed by atoms with Gasteiger partial charge in [0.25, 0.3) is 0 Å². The molecule has 1 unspecified atom stereocenters. The molecule has 2 amide bonds. The van der Waals surface area contributed by atoms with Gasteiger partial charge in [-0.3, -0.25) is 9.59 Å². The predicted molar refractivity (Wildman–Crippen MR) is 99.9 cm³/mol. The summed E-state index contributed by atoms with van der Waals surface area (Å²) in [5.74, 6) is -0.0705. The number of benzene rings is 1. The maximum atomic E-state index is 12.1. The summed E-state index contributed by atoms with van der Waals surface area (Å²) in [5, 5.41) is 2.96. The minimum absolute atomic E-state index is 0. The number of rotatable bonds is 10. The average Bonchev–Trinajstić information content (AvgIpc) is 2.55. The summed E-state index contributed by atoms with van der Waals surface area (Å²) < 4.78 is 0. The van der Waals surface area contributed by atoms with E-state index in [2.05, 4.69) is 12.2 Å². The molecular formula is C18H30ClN3O2. The first kappa shape index (κ1) is 22.4. The lowest BCUT2D eigenvalue weighted by atomic mass is 10.1. The quantitative estimate of drug-likeness (QED) is 0.677. The zero-order valence-corrected chi connectivity index (χ0v) is 15.5. The first-order chi connectivity index (χ1) is 11.1. The van der Waals surface area contributed by atoms with Crippen LogP contribution < -0.4 is 11.1 Å². The summed E-state index contributed by atoms with van der Waals surface area (Å²) in [4.78, 5) is 25.5. The fourth-order valence-corrected chi connectivity index (χ4v) is 2.39. The van der Waals surface area contributed by atoms with Crippen LogP contribution in [0.2, 0.25) is 0 Å². The number of nitrogens with zero attached hydrogens (tertiary/aromatic N) is 1. The third-order valence-corrected chi connectivity index (χ3v) is 3.83. The van der Waals surface area contributed by atoms with Crippen LogP contribution in [0.25, 0.3) is 0 Å². The molecule has 0 aliphatic rings. The third-order valence-electron chi connectivity index (χ3n) is 3.83. The number of hydrogen-bond acceptors (Lipinski definition) is 3. The molecule has 6 heteroatoms. The van der Waals surface area contributed by atoms with Crippen molar-refractivity contribution in [3.63, 3.8) is 0 Å². The van der Waals surface area contributed by atoms with E-state index in [9.17, 15) is 9.59 Å². The molecule has 3 N–H and O–H groups in total. The van der Waals surface area contributed by atoms with Gasteiger partial charge in [0.1, 0.15) is 0 Å². The molecule has 0 spiro atoms. The van der Waals surface area contributed by atoms with Crippen molar-refractivity contribution in [1.82, 2.24) is 10.2 Å². The molecule has 0 radical (unpaired) electrons. The van der Waals surface area contributed by atoms with Crippen molar-refractivity contribution in [3.8, 4) is 0 Å². The van der Waals surface area contributed by atoms with E-state index in [1.807, 2.05) is 30.3 Å². The molecule has 0 bridgehead atoms. The maximum Gasteiger partial charge on any atom is 0.222 e. The average molecular weight is 356 g/mol. The van der Waals surface area contributed by atoms with Gasteiger partial charge in [-0.05, 0) is 12.0 Å². The molecule has 0 saturated heterocycles. The Bertz CT molecular complexity index is 482. The van der Waals surface area contributed by atoms with E-state index in [0.717, 1.165) is 24.8 Å². The summed E-state index contributed by atoms with van der Waals surface area (Å²) in [6.45, 7) is 5.04. The Hall–Kier alpha value is -1.59. The highest BCUT2D eigenvalue weighted by Crippen LogP contribution is 2.06. The number of hydrogen-bond donors (Lipinski definition) is 2. The van der Waals surface area contributed by atoms with Crippen LogP contribution in [0.15, 0.2) is 30.3 Å². The fraction of sp³-hybridized carbons (Fsp3) is 0.556. The van der Waals surface area contributed by atoms with Crippen molar-refractivity contribution in [1.29, 1.82) is 0 Å². The van der Waals surface area contributed by atoms with Gasteiger partial charge < -0.3 is 16.0 Å². The number of nitrogens with two attached hydrogens (primary N) is 1. The molecule has 136 valence electrons. The standard InChI is InChI=1S/C18H29N3O2.ClH/c1-3-4-10-17(13-19)20-18(23)11-12-21(15(2)22)14-16-8-6-5-7-9-16;/h5-9,17H,3-4,10-14,19H2,1-2H3,(H,20,23);1H. The van der Waals surface area contributed by atoms with Crippen molar-refractivity contribution in [2.75, 3.05) is 13.1 Å². The van der Waals surface area contributed by atoms with Gasteiger partial charge >= 0.3 is 0 Å². The van der Waals surface area contributed by atoms with E-state index >= 15 is 0 Å². The second-order valence-electron chi connectivity index (χ2n) is 5.82. The molecule has 0 aromatic heterocycles. The van der Waals surface area contributed by atoms with Crippen LogP contribution in [0.4, 0.5) is 0 Å².